The number of rotatable bonds is 1. The van der Waals surface area contributed by atoms with Crippen LogP contribution in [0.4, 0.5) is 0 Å². The standard InChI is InChI=1S/C20H27N/c1-14-8-10-15(11-9-14)18-16(19(2,3)4)12-13-17(21-18)20(5,6)7/h8-13H,1-7H3. The molecular weight excluding hydrogens is 254 g/mol. The van der Waals surface area contributed by atoms with E-state index in [4.69, 9.17) is 4.98 Å². The third-order valence-electron chi connectivity index (χ3n) is 3.80. The molecule has 0 atom stereocenters. The summed E-state index contributed by atoms with van der Waals surface area (Å²) < 4.78 is 0. The Bertz CT molecular complexity index is 622. The topological polar surface area (TPSA) is 12.9 Å². The lowest BCUT2D eigenvalue weighted by Crippen LogP contribution is -2.18. The van der Waals surface area contributed by atoms with Crippen LogP contribution < -0.4 is 0 Å². The quantitative estimate of drug-likeness (QED) is 0.658. The van der Waals surface area contributed by atoms with Gasteiger partial charge in [-0.2, -0.15) is 0 Å². The molecule has 0 spiro atoms. The van der Waals surface area contributed by atoms with Crippen molar-refractivity contribution >= 4 is 0 Å². The number of hydrogen-bond acceptors (Lipinski definition) is 1. The Morgan fingerprint density at radius 1 is 0.714 bits per heavy atom. The molecule has 0 bridgehead atoms. The van der Waals surface area contributed by atoms with Crippen LogP contribution in [0.2, 0.25) is 0 Å². The summed E-state index contributed by atoms with van der Waals surface area (Å²) in [5, 5.41) is 0. The summed E-state index contributed by atoms with van der Waals surface area (Å²) in [5.74, 6) is 0. The largest absolute Gasteiger partial charge is 0.252 e. The van der Waals surface area contributed by atoms with Crippen molar-refractivity contribution < 1.29 is 0 Å². The molecule has 1 nitrogen and oxygen atoms in total. The van der Waals surface area contributed by atoms with E-state index in [0.29, 0.717) is 0 Å². The number of benzene rings is 1. The van der Waals surface area contributed by atoms with E-state index in [9.17, 15) is 0 Å². The van der Waals surface area contributed by atoms with Crippen LogP contribution in [-0.2, 0) is 10.8 Å². The van der Waals surface area contributed by atoms with E-state index in [0.717, 1.165) is 11.4 Å². The number of pyridine rings is 1. The van der Waals surface area contributed by atoms with Crippen LogP contribution in [0, 0.1) is 6.92 Å². The van der Waals surface area contributed by atoms with Crippen LogP contribution >= 0.6 is 0 Å². The highest BCUT2D eigenvalue weighted by atomic mass is 14.7. The maximum absolute atomic E-state index is 5.01. The average Bonchev–Trinajstić information content (AvgIpc) is 2.37. The molecule has 1 heterocycles. The molecule has 112 valence electrons. The molecule has 0 aliphatic rings. The van der Waals surface area contributed by atoms with Crippen molar-refractivity contribution in [2.24, 2.45) is 0 Å². The zero-order valence-corrected chi connectivity index (χ0v) is 14.4. The van der Waals surface area contributed by atoms with Gasteiger partial charge in [-0.05, 0) is 24.0 Å². The summed E-state index contributed by atoms with van der Waals surface area (Å²) in [6, 6.07) is 13.1. The van der Waals surface area contributed by atoms with Gasteiger partial charge in [-0.3, -0.25) is 4.98 Å². The minimum Gasteiger partial charge on any atom is -0.252 e. The highest BCUT2D eigenvalue weighted by molar-refractivity contribution is 5.65. The lowest BCUT2D eigenvalue weighted by molar-refractivity contribution is 0.558. The van der Waals surface area contributed by atoms with Gasteiger partial charge >= 0.3 is 0 Å². The van der Waals surface area contributed by atoms with Gasteiger partial charge in [-0.1, -0.05) is 77.4 Å². The lowest BCUT2D eigenvalue weighted by atomic mass is 9.82. The van der Waals surface area contributed by atoms with Crippen molar-refractivity contribution in [1.82, 2.24) is 4.98 Å². The monoisotopic (exact) mass is 281 g/mol. The second-order valence-corrected chi connectivity index (χ2v) is 7.96. The Morgan fingerprint density at radius 3 is 1.76 bits per heavy atom. The summed E-state index contributed by atoms with van der Waals surface area (Å²) in [6.07, 6.45) is 0. The van der Waals surface area contributed by atoms with Crippen molar-refractivity contribution in [3.63, 3.8) is 0 Å². The van der Waals surface area contributed by atoms with E-state index >= 15 is 0 Å². The molecule has 0 saturated carbocycles. The van der Waals surface area contributed by atoms with Gasteiger partial charge < -0.3 is 0 Å². The van der Waals surface area contributed by atoms with Gasteiger partial charge in [-0.15, -0.1) is 0 Å². The third-order valence-corrected chi connectivity index (χ3v) is 3.80. The second-order valence-electron chi connectivity index (χ2n) is 7.96. The Kier molecular flexibility index (Phi) is 3.97. The summed E-state index contributed by atoms with van der Waals surface area (Å²) >= 11 is 0. The molecule has 0 amide bonds. The fraction of sp³-hybridized carbons (Fsp3) is 0.450. The predicted molar refractivity (Wildman–Crippen MR) is 91.8 cm³/mol. The minimum absolute atomic E-state index is 0.0653. The number of nitrogens with zero attached hydrogens (tertiary/aromatic N) is 1. The van der Waals surface area contributed by atoms with Crippen LogP contribution in [0.25, 0.3) is 11.3 Å². The number of aryl methyl sites for hydroxylation is 1. The van der Waals surface area contributed by atoms with Gasteiger partial charge in [0.05, 0.1) is 5.69 Å². The number of hydrogen-bond donors (Lipinski definition) is 0. The van der Waals surface area contributed by atoms with Crippen LogP contribution in [0.1, 0.15) is 58.4 Å². The zero-order chi connectivity index (χ0) is 15.8. The molecule has 2 aromatic rings. The molecule has 2 rings (SSSR count). The van der Waals surface area contributed by atoms with Gasteiger partial charge in [0.2, 0.25) is 0 Å². The highest BCUT2D eigenvalue weighted by Gasteiger charge is 2.23. The van der Waals surface area contributed by atoms with E-state index in [1.807, 2.05) is 0 Å². The Labute approximate surface area is 129 Å². The fourth-order valence-electron chi connectivity index (χ4n) is 2.41. The molecule has 0 unspecified atom stereocenters. The Balaban J connectivity index is 2.67. The summed E-state index contributed by atoms with van der Waals surface area (Å²) in [5.41, 5.74) is 6.21. The van der Waals surface area contributed by atoms with Crippen molar-refractivity contribution in [2.75, 3.05) is 0 Å². The zero-order valence-electron chi connectivity index (χ0n) is 14.4. The SMILES string of the molecule is Cc1ccc(-c2nc(C(C)(C)C)ccc2C(C)(C)C)cc1. The first kappa shape index (κ1) is 15.8. The normalized spacial score (nSPS) is 12.5. The molecule has 1 heteroatoms. The fourth-order valence-corrected chi connectivity index (χ4v) is 2.41. The molecule has 1 aromatic heterocycles. The van der Waals surface area contributed by atoms with Gasteiger partial charge in [0.15, 0.2) is 0 Å². The lowest BCUT2D eigenvalue weighted by Gasteiger charge is -2.26. The Morgan fingerprint density at radius 2 is 1.29 bits per heavy atom. The van der Waals surface area contributed by atoms with E-state index in [2.05, 4.69) is 84.9 Å². The molecule has 0 radical (unpaired) electrons. The Hall–Kier alpha value is -1.63. The van der Waals surface area contributed by atoms with Crippen LogP contribution in [0.3, 0.4) is 0 Å². The average molecular weight is 281 g/mol. The van der Waals surface area contributed by atoms with Crippen molar-refractivity contribution in [3.8, 4) is 11.3 Å². The summed E-state index contributed by atoms with van der Waals surface area (Å²) in [6.45, 7) is 15.5. The van der Waals surface area contributed by atoms with E-state index in [-0.39, 0.29) is 10.8 Å². The predicted octanol–water partition coefficient (Wildman–Crippen LogP) is 5.65. The first-order valence-corrected chi connectivity index (χ1v) is 7.68. The van der Waals surface area contributed by atoms with Crippen LogP contribution in [-0.4, -0.2) is 4.98 Å². The molecule has 0 fully saturated rings. The minimum atomic E-state index is 0.0653. The first-order valence-electron chi connectivity index (χ1n) is 7.68. The van der Waals surface area contributed by atoms with E-state index in [1.165, 1.54) is 16.7 Å². The molecule has 1 aromatic carbocycles. The van der Waals surface area contributed by atoms with Crippen molar-refractivity contribution in [1.29, 1.82) is 0 Å². The van der Waals surface area contributed by atoms with Crippen molar-refractivity contribution in [2.45, 2.75) is 59.3 Å². The molecular formula is C20H27N. The molecule has 21 heavy (non-hydrogen) atoms. The van der Waals surface area contributed by atoms with Gasteiger partial charge in [0.25, 0.3) is 0 Å². The smallest absolute Gasteiger partial charge is 0.0742 e. The first-order chi connectivity index (χ1) is 9.59. The maximum Gasteiger partial charge on any atom is 0.0742 e. The summed E-state index contributed by atoms with van der Waals surface area (Å²) in [7, 11) is 0. The van der Waals surface area contributed by atoms with Crippen molar-refractivity contribution in [3.05, 3.63) is 53.2 Å². The van der Waals surface area contributed by atoms with Crippen LogP contribution in [0.15, 0.2) is 36.4 Å². The summed E-state index contributed by atoms with van der Waals surface area (Å²) in [4.78, 5) is 5.01. The van der Waals surface area contributed by atoms with Gasteiger partial charge in [0.1, 0.15) is 0 Å². The maximum atomic E-state index is 5.01. The van der Waals surface area contributed by atoms with Gasteiger partial charge in [0, 0.05) is 16.7 Å². The molecule has 0 saturated heterocycles. The third kappa shape index (κ3) is 3.53. The van der Waals surface area contributed by atoms with Gasteiger partial charge in [-0.25, -0.2) is 0 Å². The molecule has 0 N–H and O–H groups in total. The van der Waals surface area contributed by atoms with Crippen LogP contribution in [0.5, 0.6) is 0 Å². The molecule has 0 aliphatic heterocycles. The number of aromatic nitrogens is 1. The van der Waals surface area contributed by atoms with E-state index < -0.39 is 0 Å². The second kappa shape index (κ2) is 5.29. The van der Waals surface area contributed by atoms with E-state index in [1.54, 1.807) is 0 Å². The molecule has 0 aliphatic carbocycles. The highest BCUT2D eigenvalue weighted by Crippen LogP contribution is 2.34.